The van der Waals surface area contributed by atoms with Crippen LogP contribution in [0.2, 0.25) is 0 Å². The van der Waals surface area contributed by atoms with Crippen molar-refractivity contribution < 1.29 is 24.0 Å². The van der Waals surface area contributed by atoms with Gasteiger partial charge >= 0.3 is 13.2 Å². The zero-order chi connectivity index (χ0) is 17.9. The van der Waals surface area contributed by atoms with Crippen molar-refractivity contribution in [1.29, 1.82) is 0 Å². The number of rotatable bonds is 2. The first-order valence-corrected chi connectivity index (χ1v) is 8.15. The Balaban J connectivity index is 1.98. The molecule has 1 fully saturated rings. The second-order valence-electron chi connectivity index (χ2n) is 7.32. The quantitative estimate of drug-likeness (QED) is 0.843. The second kappa shape index (κ2) is 5.32. The first-order chi connectivity index (χ1) is 11.1. The molecule has 0 radical (unpaired) electrons. The lowest BCUT2D eigenvalue weighted by molar-refractivity contribution is 0.00578. The average Bonchev–Trinajstić information content (AvgIpc) is 2.89. The molecule has 2 aliphatic rings. The van der Waals surface area contributed by atoms with Crippen LogP contribution in [0.4, 0.5) is 4.79 Å². The molecule has 1 N–H and O–H groups in total. The molecule has 1 aromatic rings. The van der Waals surface area contributed by atoms with Crippen LogP contribution in [0.3, 0.4) is 0 Å². The fourth-order valence-electron chi connectivity index (χ4n) is 3.21. The number of nitrogens with zero attached hydrogens (tertiary/aromatic N) is 1. The predicted octanol–water partition coefficient (Wildman–Crippen LogP) is 2.57. The van der Waals surface area contributed by atoms with Crippen LogP contribution in [0.1, 0.15) is 63.0 Å². The number of hydrogen-bond acceptors (Lipinski definition) is 4. The topological polar surface area (TPSA) is 76.1 Å². The Kier molecular flexibility index (Phi) is 3.77. The van der Waals surface area contributed by atoms with Gasteiger partial charge in [-0.1, -0.05) is 19.1 Å². The summed E-state index contributed by atoms with van der Waals surface area (Å²) < 4.78 is 12.1. The zero-order valence-electron chi connectivity index (χ0n) is 14.6. The normalized spacial score (nSPS) is 24.4. The van der Waals surface area contributed by atoms with Gasteiger partial charge in [0.15, 0.2) is 0 Å². The van der Waals surface area contributed by atoms with Gasteiger partial charge in [-0.2, -0.15) is 0 Å². The van der Waals surface area contributed by atoms with Crippen molar-refractivity contribution in [2.24, 2.45) is 0 Å². The summed E-state index contributed by atoms with van der Waals surface area (Å²) in [4.78, 5) is 24.6. The van der Waals surface area contributed by atoms with Crippen molar-refractivity contribution in [1.82, 2.24) is 4.90 Å². The minimum Gasteiger partial charge on any atom is -0.465 e. The van der Waals surface area contributed by atoms with Crippen LogP contribution in [0, 0.1) is 0 Å². The van der Waals surface area contributed by atoms with Gasteiger partial charge in [-0.15, -0.1) is 0 Å². The lowest BCUT2D eigenvalue weighted by atomic mass is 9.77. The summed E-state index contributed by atoms with van der Waals surface area (Å²) in [6, 6.07) is 4.82. The highest BCUT2D eigenvalue weighted by atomic mass is 16.7. The van der Waals surface area contributed by atoms with Crippen molar-refractivity contribution in [3.05, 3.63) is 29.3 Å². The molecular weight excluding hydrogens is 309 g/mol. The SMILES string of the molecule is CCC1c2cc(B3OC(C)(C)C(C)(C)O3)ccc2C(=O)N1C(=O)O. The van der Waals surface area contributed by atoms with Crippen LogP contribution in [0.25, 0.3) is 0 Å². The predicted molar refractivity (Wildman–Crippen MR) is 89.4 cm³/mol. The van der Waals surface area contributed by atoms with Crippen molar-refractivity contribution in [3.63, 3.8) is 0 Å². The van der Waals surface area contributed by atoms with E-state index in [9.17, 15) is 14.7 Å². The Hall–Kier alpha value is -1.86. The van der Waals surface area contributed by atoms with Gasteiger partial charge in [-0.25, -0.2) is 9.69 Å². The van der Waals surface area contributed by atoms with E-state index in [2.05, 4.69) is 0 Å². The maximum Gasteiger partial charge on any atom is 0.494 e. The first kappa shape index (κ1) is 17.0. The minimum atomic E-state index is -1.22. The molecule has 7 heteroatoms. The molecule has 2 heterocycles. The largest absolute Gasteiger partial charge is 0.494 e. The maximum absolute atomic E-state index is 12.3. The molecule has 24 heavy (non-hydrogen) atoms. The fraction of sp³-hybridized carbons (Fsp3) is 0.529. The Bertz CT molecular complexity index is 699. The average molecular weight is 331 g/mol. The van der Waals surface area contributed by atoms with Gasteiger partial charge in [-0.05, 0) is 51.2 Å². The van der Waals surface area contributed by atoms with Crippen LogP contribution in [-0.4, -0.2) is 40.3 Å². The van der Waals surface area contributed by atoms with Crippen LogP contribution < -0.4 is 5.46 Å². The van der Waals surface area contributed by atoms with E-state index in [1.807, 2.05) is 40.7 Å². The second-order valence-corrected chi connectivity index (χ2v) is 7.32. The van der Waals surface area contributed by atoms with Crippen LogP contribution >= 0.6 is 0 Å². The van der Waals surface area contributed by atoms with Gasteiger partial charge in [0.25, 0.3) is 5.91 Å². The van der Waals surface area contributed by atoms with Gasteiger partial charge < -0.3 is 14.4 Å². The Labute approximate surface area is 141 Å². The molecule has 0 bridgehead atoms. The van der Waals surface area contributed by atoms with Crippen LogP contribution in [0.15, 0.2) is 18.2 Å². The third-order valence-electron chi connectivity index (χ3n) is 5.31. The highest BCUT2D eigenvalue weighted by molar-refractivity contribution is 6.62. The summed E-state index contributed by atoms with van der Waals surface area (Å²) in [5, 5.41) is 9.33. The molecule has 1 aromatic carbocycles. The van der Waals surface area contributed by atoms with Crippen LogP contribution in [0.5, 0.6) is 0 Å². The zero-order valence-corrected chi connectivity index (χ0v) is 14.6. The monoisotopic (exact) mass is 331 g/mol. The van der Waals surface area contributed by atoms with E-state index in [-0.39, 0.29) is 0 Å². The number of amides is 2. The molecule has 1 atom stereocenters. The lowest BCUT2D eigenvalue weighted by Crippen LogP contribution is -2.41. The third kappa shape index (κ3) is 2.34. The number of hydrogen-bond donors (Lipinski definition) is 1. The van der Waals surface area contributed by atoms with E-state index < -0.39 is 36.4 Å². The highest BCUT2D eigenvalue weighted by Crippen LogP contribution is 2.38. The molecule has 128 valence electrons. The minimum absolute atomic E-state index is 0.435. The van der Waals surface area contributed by atoms with E-state index in [1.165, 1.54) is 0 Å². The van der Waals surface area contributed by atoms with E-state index >= 15 is 0 Å². The lowest BCUT2D eigenvalue weighted by Gasteiger charge is -2.32. The summed E-state index contributed by atoms with van der Waals surface area (Å²) in [6.07, 6.45) is -0.696. The summed E-state index contributed by atoms with van der Waals surface area (Å²) in [5.74, 6) is -0.468. The number of fused-ring (bicyclic) bond motifs is 1. The summed E-state index contributed by atoms with van der Waals surface area (Å²) in [7, 11) is -0.535. The number of imide groups is 1. The van der Waals surface area contributed by atoms with Crippen molar-refractivity contribution in [2.45, 2.75) is 58.3 Å². The maximum atomic E-state index is 12.3. The third-order valence-corrected chi connectivity index (χ3v) is 5.31. The number of carbonyl (C=O) groups is 2. The summed E-state index contributed by atoms with van der Waals surface area (Å²) in [6.45, 7) is 9.77. The van der Waals surface area contributed by atoms with E-state index in [4.69, 9.17) is 9.31 Å². The Morgan fingerprint density at radius 3 is 2.33 bits per heavy atom. The molecule has 0 aromatic heterocycles. The van der Waals surface area contributed by atoms with E-state index in [0.717, 1.165) is 15.9 Å². The Morgan fingerprint density at radius 2 is 1.83 bits per heavy atom. The number of carboxylic acid groups (broad SMARTS) is 1. The van der Waals surface area contributed by atoms with E-state index in [1.54, 1.807) is 12.1 Å². The van der Waals surface area contributed by atoms with Gasteiger partial charge in [0, 0.05) is 5.56 Å². The van der Waals surface area contributed by atoms with Gasteiger partial charge in [0.05, 0.1) is 17.2 Å². The molecule has 0 aliphatic carbocycles. The summed E-state index contributed by atoms with van der Waals surface area (Å²) >= 11 is 0. The van der Waals surface area contributed by atoms with Gasteiger partial charge in [0.2, 0.25) is 0 Å². The molecule has 3 rings (SSSR count). The molecule has 0 spiro atoms. The number of benzene rings is 1. The van der Waals surface area contributed by atoms with Gasteiger partial charge in [-0.3, -0.25) is 4.79 Å². The highest BCUT2D eigenvalue weighted by Gasteiger charge is 2.52. The molecule has 1 unspecified atom stereocenters. The first-order valence-electron chi connectivity index (χ1n) is 8.15. The molecule has 0 saturated carbocycles. The van der Waals surface area contributed by atoms with Crippen molar-refractivity contribution >= 4 is 24.6 Å². The Morgan fingerprint density at radius 1 is 1.25 bits per heavy atom. The summed E-state index contributed by atoms with van der Waals surface area (Å²) in [5.41, 5.74) is 1.04. The molecule has 2 amide bonds. The van der Waals surface area contributed by atoms with Crippen molar-refractivity contribution in [3.8, 4) is 0 Å². The van der Waals surface area contributed by atoms with E-state index in [0.29, 0.717) is 12.0 Å². The molecule has 6 nitrogen and oxygen atoms in total. The van der Waals surface area contributed by atoms with Crippen LogP contribution in [-0.2, 0) is 9.31 Å². The van der Waals surface area contributed by atoms with Crippen molar-refractivity contribution in [2.75, 3.05) is 0 Å². The standard InChI is InChI=1S/C17H22BNO5/c1-6-13-12-9-10(18-23-16(2,3)17(4,5)24-18)7-8-11(12)14(20)19(13)15(21)22/h7-9,13H,6H2,1-5H3,(H,21,22). The molecular formula is C17H22BNO5. The molecule has 2 aliphatic heterocycles. The smallest absolute Gasteiger partial charge is 0.465 e. The fourth-order valence-corrected chi connectivity index (χ4v) is 3.21. The number of carbonyl (C=O) groups excluding carboxylic acids is 1. The van der Waals surface area contributed by atoms with Gasteiger partial charge in [0.1, 0.15) is 0 Å². The molecule has 1 saturated heterocycles.